The topological polar surface area (TPSA) is 194 Å². The van der Waals surface area contributed by atoms with E-state index in [1.165, 1.54) is 12.0 Å². The number of methoxy groups -OCH3 is 3. The number of ketones is 2. The molecule has 16 heteroatoms. The number of benzene rings is 1. The SMILES string of the molecule is CCC1CCN2C(=O)C(=O)C3(O)OC(C(OC)CC(C)CC(C)=CCC(=O)CC(O[Si](C)(C)C(C)(C)C)C(C)C(C(C)=CC4CCC(O)(CC(=O)OCc5ccccc5)C(OC)C4)OC(=O)C2C1)C(OC)CC3C. The molecule has 2 saturated heterocycles. The van der Waals surface area contributed by atoms with Crippen molar-refractivity contribution in [2.75, 3.05) is 27.9 Å². The van der Waals surface area contributed by atoms with Crippen molar-refractivity contribution < 1.29 is 67.0 Å². The Balaban J connectivity index is 1.56. The second-order valence-corrected chi connectivity index (χ2v) is 28.6. The van der Waals surface area contributed by atoms with Crippen LogP contribution in [0.15, 0.2) is 53.6 Å². The van der Waals surface area contributed by atoms with Gasteiger partial charge in [0, 0.05) is 52.6 Å². The van der Waals surface area contributed by atoms with Gasteiger partial charge in [-0.25, -0.2) is 4.79 Å². The highest BCUT2D eigenvalue weighted by molar-refractivity contribution is 6.74. The van der Waals surface area contributed by atoms with Crippen LogP contribution in [0.4, 0.5) is 0 Å². The van der Waals surface area contributed by atoms with Crippen molar-refractivity contribution in [3.63, 3.8) is 0 Å². The molecule has 5 rings (SSSR count). The fraction of sp³-hybridized carbons (Fsp3) is 0.741. The van der Waals surface area contributed by atoms with Crippen molar-refractivity contribution in [2.24, 2.45) is 29.6 Å². The first kappa shape index (κ1) is 61.2. The maximum Gasteiger partial charge on any atom is 0.329 e. The summed E-state index contributed by atoms with van der Waals surface area (Å²) in [6.45, 7) is 22.4. The first-order valence-corrected chi connectivity index (χ1v) is 30.1. The van der Waals surface area contributed by atoms with Crippen LogP contribution in [0.2, 0.25) is 18.1 Å². The molecule has 14 atom stereocenters. The molecular formula is C58H91NO14Si. The summed E-state index contributed by atoms with van der Waals surface area (Å²) >= 11 is 0. The fourth-order valence-electron chi connectivity index (χ4n) is 11.4. The summed E-state index contributed by atoms with van der Waals surface area (Å²) in [6.07, 6.45) is 3.33. The number of nitrogens with zero attached hydrogens (tertiary/aromatic N) is 1. The molecule has 1 aromatic rings. The monoisotopic (exact) mass is 1050 g/mol. The Morgan fingerprint density at radius 2 is 1.57 bits per heavy atom. The lowest BCUT2D eigenvalue weighted by Crippen LogP contribution is -2.64. The maximum absolute atomic E-state index is 15.2. The highest BCUT2D eigenvalue weighted by Crippen LogP contribution is 2.43. The average molecular weight is 1050 g/mol. The number of cyclic esters (lactones) is 1. The molecule has 1 amide bonds. The number of hydrogen-bond acceptors (Lipinski definition) is 14. The minimum atomic E-state index is -2.59. The first-order chi connectivity index (χ1) is 34.7. The number of ether oxygens (including phenoxy) is 6. The molecule has 15 nitrogen and oxygen atoms in total. The van der Waals surface area contributed by atoms with Crippen molar-refractivity contribution >= 4 is 37.7 Å². The number of piperidine rings is 1. The van der Waals surface area contributed by atoms with Gasteiger partial charge in [0.25, 0.3) is 11.7 Å². The van der Waals surface area contributed by atoms with Gasteiger partial charge in [-0.1, -0.05) is 103 Å². The molecule has 2 N–H and O–H groups in total. The number of fused-ring (bicyclic) bond motifs is 3. The maximum atomic E-state index is 15.2. The minimum absolute atomic E-state index is 0.0267. The molecule has 3 aliphatic heterocycles. The third kappa shape index (κ3) is 15.1. The minimum Gasteiger partial charge on any atom is -0.461 e. The van der Waals surface area contributed by atoms with E-state index < -0.39 is 97.8 Å². The van der Waals surface area contributed by atoms with E-state index in [1.54, 1.807) is 21.1 Å². The van der Waals surface area contributed by atoms with E-state index in [0.717, 1.165) is 17.6 Å². The van der Waals surface area contributed by atoms with Crippen LogP contribution < -0.4 is 0 Å². The van der Waals surface area contributed by atoms with Crippen LogP contribution in [0, 0.1) is 29.6 Å². The van der Waals surface area contributed by atoms with E-state index in [0.29, 0.717) is 37.7 Å². The van der Waals surface area contributed by atoms with Gasteiger partial charge in [-0.2, -0.15) is 0 Å². The van der Waals surface area contributed by atoms with E-state index in [9.17, 15) is 29.4 Å². The zero-order valence-electron chi connectivity index (χ0n) is 47.1. The summed E-state index contributed by atoms with van der Waals surface area (Å²) in [5.74, 6) is -7.58. The molecule has 2 bridgehead atoms. The van der Waals surface area contributed by atoms with E-state index in [1.807, 2.05) is 70.2 Å². The second-order valence-electron chi connectivity index (χ2n) is 23.9. The van der Waals surface area contributed by atoms with Crippen LogP contribution >= 0.6 is 0 Å². The largest absolute Gasteiger partial charge is 0.461 e. The number of esters is 2. The first-order valence-electron chi connectivity index (χ1n) is 27.2. The Kier molecular flexibility index (Phi) is 21.6. The Hall–Kier alpha value is -3.61. The standard InChI is InChI=1S/C58H91NO14Si/c1-15-41-24-26-59-45(31-41)55(64)71-51(38(4)29-43-23-25-57(65,49(32-43)69-12)34-50(61)70-35-42-19-17-16-18-20-42)40(6)46(73-74(13,14)56(7,8)9)33-44(60)22-21-36(2)27-37(3)28-47(67-10)52-48(68-11)30-39(5)58(66,72-52)53(62)54(59)63/h16-21,29,37,39-41,43,45-49,51-52,65-66H,15,22-28,30-35H2,1-14H3. The van der Waals surface area contributed by atoms with E-state index in [4.69, 9.17) is 32.8 Å². The molecule has 3 fully saturated rings. The van der Waals surface area contributed by atoms with Gasteiger partial charge in [-0.3, -0.25) is 19.2 Å². The van der Waals surface area contributed by atoms with Crippen LogP contribution in [0.1, 0.15) is 145 Å². The van der Waals surface area contributed by atoms with Gasteiger partial charge in [-0.15, -0.1) is 0 Å². The van der Waals surface area contributed by atoms with Crippen molar-refractivity contribution in [1.29, 1.82) is 0 Å². The van der Waals surface area contributed by atoms with Crippen LogP contribution in [0.25, 0.3) is 0 Å². The van der Waals surface area contributed by atoms with Crippen molar-refractivity contribution in [1.82, 2.24) is 4.90 Å². The molecule has 4 aliphatic rings. The number of aliphatic hydroxyl groups is 2. The lowest BCUT2D eigenvalue weighted by Gasteiger charge is -2.47. The number of rotatable bonds is 12. The van der Waals surface area contributed by atoms with Crippen LogP contribution in [-0.2, 0) is 63.4 Å². The lowest BCUT2D eigenvalue weighted by atomic mass is 9.74. The smallest absolute Gasteiger partial charge is 0.329 e. The third-order valence-electron chi connectivity index (χ3n) is 17.2. The molecule has 416 valence electrons. The normalized spacial score (nSPS) is 35.0. The molecule has 0 radical (unpaired) electrons. The van der Waals surface area contributed by atoms with E-state index in [2.05, 4.69) is 40.8 Å². The Morgan fingerprint density at radius 1 is 0.905 bits per heavy atom. The van der Waals surface area contributed by atoms with Crippen LogP contribution in [-0.4, -0.2) is 135 Å². The Morgan fingerprint density at radius 3 is 2.19 bits per heavy atom. The van der Waals surface area contributed by atoms with Gasteiger partial charge in [0.05, 0.1) is 30.8 Å². The van der Waals surface area contributed by atoms with E-state index in [-0.39, 0.29) is 80.3 Å². The van der Waals surface area contributed by atoms with Gasteiger partial charge in [0.2, 0.25) is 5.79 Å². The molecule has 14 unspecified atom stereocenters. The summed E-state index contributed by atoms with van der Waals surface area (Å²) in [5, 5.41) is 24.0. The number of allylic oxidation sites excluding steroid dienone is 3. The molecular weight excluding hydrogens is 963 g/mol. The Labute approximate surface area is 442 Å². The lowest BCUT2D eigenvalue weighted by molar-refractivity contribution is -0.302. The summed E-state index contributed by atoms with van der Waals surface area (Å²) in [5.41, 5.74) is 1.04. The molecule has 74 heavy (non-hydrogen) atoms. The van der Waals surface area contributed by atoms with Gasteiger partial charge in [-0.05, 0) is 112 Å². The molecule has 3 heterocycles. The summed E-state index contributed by atoms with van der Waals surface area (Å²) in [6, 6.07) is 8.16. The number of Topliss-reactive ketones (excluding diaryl/α,β-unsaturated/α-hetero) is 2. The highest BCUT2D eigenvalue weighted by atomic mass is 28.4. The highest BCUT2D eigenvalue weighted by Gasteiger charge is 2.57. The molecule has 1 aromatic carbocycles. The third-order valence-corrected chi connectivity index (χ3v) is 21.7. The van der Waals surface area contributed by atoms with Gasteiger partial charge >= 0.3 is 11.9 Å². The summed E-state index contributed by atoms with van der Waals surface area (Å²) in [4.78, 5) is 73.3. The molecule has 0 spiro atoms. The number of amides is 1. The second kappa shape index (κ2) is 26.2. The molecule has 1 aliphatic carbocycles. The zero-order valence-corrected chi connectivity index (χ0v) is 48.1. The fourth-order valence-corrected chi connectivity index (χ4v) is 12.8. The Bertz CT molecular complexity index is 2140. The predicted molar refractivity (Wildman–Crippen MR) is 284 cm³/mol. The quantitative estimate of drug-likeness (QED) is 0.0872. The summed E-state index contributed by atoms with van der Waals surface area (Å²) < 4.78 is 43.6. The van der Waals surface area contributed by atoms with Gasteiger partial charge in [0.1, 0.15) is 36.2 Å². The number of hydrogen-bond donors (Lipinski definition) is 2. The van der Waals surface area contributed by atoms with Crippen molar-refractivity contribution in [2.45, 2.75) is 218 Å². The zero-order chi connectivity index (χ0) is 54.9. The van der Waals surface area contributed by atoms with E-state index >= 15 is 4.79 Å². The average Bonchev–Trinajstić information content (AvgIpc) is 3.35. The van der Waals surface area contributed by atoms with Crippen molar-refractivity contribution in [3.05, 3.63) is 59.2 Å². The van der Waals surface area contributed by atoms with Crippen LogP contribution in [0.5, 0.6) is 0 Å². The summed E-state index contributed by atoms with van der Waals surface area (Å²) in [7, 11) is 2.01. The number of carbonyl (C=O) groups excluding carboxylic acids is 5. The van der Waals surface area contributed by atoms with Crippen LogP contribution in [0.3, 0.4) is 0 Å². The molecule has 1 saturated carbocycles. The van der Waals surface area contributed by atoms with Crippen molar-refractivity contribution in [3.8, 4) is 0 Å². The van der Waals surface area contributed by atoms with Gasteiger partial charge < -0.3 is 48.0 Å². The van der Waals surface area contributed by atoms with Gasteiger partial charge in [0.15, 0.2) is 8.32 Å². The number of carbonyl (C=O) groups is 5. The predicted octanol–water partition coefficient (Wildman–Crippen LogP) is 9.01. The molecule has 0 aromatic heterocycles.